The van der Waals surface area contributed by atoms with Crippen LogP contribution in [-0.4, -0.2) is 67.9 Å². The maximum atomic E-state index is 5.82. The maximum absolute atomic E-state index is 5.82. The zero-order chi connectivity index (χ0) is 28.1. The predicted octanol–water partition coefficient (Wildman–Crippen LogP) is 4.89. The molecule has 0 spiro atoms. The highest BCUT2D eigenvalue weighted by Crippen LogP contribution is 2.41. The van der Waals surface area contributed by atoms with Crippen molar-refractivity contribution in [2.75, 3.05) is 31.2 Å². The molecule has 212 valence electrons. The van der Waals surface area contributed by atoms with Gasteiger partial charge >= 0.3 is 0 Å². The summed E-state index contributed by atoms with van der Waals surface area (Å²) in [6, 6.07) is 18.5. The standard InChI is InChI=1S/C32H38N8O/c1-20-18-39(19-21(2)34-20)28-11-10-26-29-27(16-25(17-33-29)30-22(3)36-37-38(30)4)40(32(26)35-28)31(23-8-6-5-7-9-23)24-12-14-41-15-13-24/h5-11,16-17,20-21,24,31,34H,12-15,18-19H2,1-4H3/t20-,21+,31-/m1/s1. The topological polar surface area (TPSA) is 85.9 Å². The van der Waals surface area contributed by atoms with Gasteiger partial charge in [0.05, 0.1) is 28.5 Å². The molecule has 9 heteroatoms. The van der Waals surface area contributed by atoms with Gasteiger partial charge in [0, 0.05) is 62.6 Å². The summed E-state index contributed by atoms with van der Waals surface area (Å²) >= 11 is 0. The van der Waals surface area contributed by atoms with Crippen molar-refractivity contribution in [2.24, 2.45) is 13.0 Å². The van der Waals surface area contributed by atoms with Gasteiger partial charge in [-0.2, -0.15) is 0 Å². The Kier molecular flexibility index (Phi) is 6.71. The minimum atomic E-state index is 0.103. The average molecular weight is 551 g/mol. The van der Waals surface area contributed by atoms with E-state index >= 15 is 0 Å². The number of anilines is 1. The minimum absolute atomic E-state index is 0.103. The fourth-order valence-corrected chi connectivity index (χ4v) is 7.04. The number of fused-ring (bicyclic) bond motifs is 3. The van der Waals surface area contributed by atoms with E-state index in [-0.39, 0.29) is 6.04 Å². The van der Waals surface area contributed by atoms with Crippen LogP contribution in [0.15, 0.2) is 54.7 Å². The molecule has 6 heterocycles. The van der Waals surface area contributed by atoms with Crippen LogP contribution in [0.25, 0.3) is 33.3 Å². The molecule has 0 aliphatic carbocycles. The van der Waals surface area contributed by atoms with Gasteiger partial charge in [-0.3, -0.25) is 4.98 Å². The number of hydrogen-bond donors (Lipinski definition) is 1. The smallest absolute Gasteiger partial charge is 0.145 e. The van der Waals surface area contributed by atoms with Crippen LogP contribution in [0, 0.1) is 12.8 Å². The first-order chi connectivity index (χ1) is 20.0. The minimum Gasteiger partial charge on any atom is -0.381 e. The van der Waals surface area contributed by atoms with E-state index in [1.54, 1.807) is 0 Å². The molecule has 3 atom stereocenters. The Hall–Kier alpha value is -3.82. The Balaban J connectivity index is 1.49. The lowest BCUT2D eigenvalue weighted by atomic mass is 9.86. The molecule has 0 saturated carbocycles. The number of pyridine rings is 2. The van der Waals surface area contributed by atoms with Crippen LogP contribution in [0.1, 0.15) is 44.0 Å². The van der Waals surface area contributed by atoms with E-state index in [0.29, 0.717) is 18.0 Å². The van der Waals surface area contributed by atoms with E-state index in [0.717, 1.165) is 84.0 Å². The SMILES string of the molecule is Cc1nnn(C)c1-c1cnc2c3ccc(N4C[C@@H](C)N[C@@H](C)C4)nc3n([C@H](c3ccccc3)C3CCOCC3)c2c1. The average Bonchev–Trinajstić information content (AvgIpc) is 3.49. The Morgan fingerprint density at radius 1 is 1.00 bits per heavy atom. The normalized spacial score (nSPS) is 21.1. The maximum Gasteiger partial charge on any atom is 0.145 e. The van der Waals surface area contributed by atoms with Gasteiger partial charge in [0.1, 0.15) is 11.5 Å². The molecule has 2 fully saturated rings. The van der Waals surface area contributed by atoms with Gasteiger partial charge < -0.3 is 19.5 Å². The summed E-state index contributed by atoms with van der Waals surface area (Å²) in [4.78, 5) is 12.9. The highest BCUT2D eigenvalue weighted by molar-refractivity contribution is 6.05. The first-order valence-electron chi connectivity index (χ1n) is 14.8. The molecule has 41 heavy (non-hydrogen) atoms. The Labute approximate surface area is 240 Å². The van der Waals surface area contributed by atoms with Gasteiger partial charge in [-0.25, -0.2) is 9.67 Å². The molecule has 2 aliphatic heterocycles. The van der Waals surface area contributed by atoms with Crippen molar-refractivity contribution in [3.8, 4) is 11.3 Å². The predicted molar refractivity (Wildman–Crippen MR) is 162 cm³/mol. The van der Waals surface area contributed by atoms with Crippen LogP contribution in [0.3, 0.4) is 0 Å². The van der Waals surface area contributed by atoms with Crippen molar-refractivity contribution in [2.45, 2.75) is 51.7 Å². The molecule has 5 aromatic rings. The zero-order valence-electron chi connectivity index (χ0n) is 24.3. The quantitative estimate of drug-likeness (QED) is 0.333. The summed E-state index contributed by atoms with van der Waals surface area (Å²) in [5.41, 5.74) is 7.23. The second-order valence-electron chi connectivity index (χ2n) is 11.8. The van der Waals surface area contributed by atoms with E-state index < -0.39 is 0 Å². The molecule has 0 radical (unpaired) electrons. The second kappa shape index (κ2) is 10.5. The molecule has 2 aliphatic rings. The van der Waals surface area contributed by atoms with Gasteiger partial charge in [0.15, 0.2) is 0 Å². The third-order valence-corrected chi connectivity index (χ3v) is 8.75. The molecule has 4 aromatic heterocycles. The van der Waals surface area contributed by atoms with Crippen molar-refractivity contribution in [3.63, 3.8) is 0 Å². The van der Waals surface area contributed by atoms with Gasteiger partial charge in [-0.05, 0) is 63.3 Å². The molecular weight excluding hydrogens is 512 g/mol. The number of benzene rings is 1. The lowest BCUT2D eigenvalue weighted by Crippen LogP contribution is -2.54. The fraction of sp³-hybridized carbons (Fsp3) is 0.438. The molecule has 0 bridgehead atoms. The van der Waals surface area contributed by atoms with Crippen molar-refractivity contribution < 1.29 is 4.74 Å². The number of aromatic nitrogens is 6. The number of rotatable bonds is 5. The molecule has 9 nitrogen and oxygen atoms in total. The number of piperazine rings is 1. The molecule has 7 rings (SSSR count). The van der Waals surface area contributed by atoms with Crippen LogP contribution in [-0.2, 0) is 11.8 Å². The Morgan fingerprint density at radius 2 is 1.76 bits per heavy atom. The largest absolute Gasteiger partial charge is 0.381 e. The lowest BCUT2D eigenvalue weighted by molar-refractivity contribution is 0.0552. The molecule has 0 unspecified atom stereocenters. The van der Waals surface area contributed by atoms with E-state index in [2.05, 4.69) is 87.5 Å². The first-order valence-corrected chi connectivity index (χ1v) is 14.8. The Bertz CT molecular complexity index is 1660. The van der Waals surface area contributed by atoms with Crippen LogP contribution >= 0.6 is 0 Å². The summed E-state index contributed by atoms with van der Waals surface area (Å²) in [5.74, 6) is 1.44. The number of ether oxygens (including phenoxy) is 1. The third-order valence-electron chi connectivity index (χ3n) is 8.75. The number of hydrogen-bond acceptors (Lipinski definition) is 7. The highest BCUT2D eigenvalue weighted by atomic mass is 16.5. The number of nitrogens with zero attached hydrogens (tertiary/aromatic N) is 7. The lowest BCUT2D eigenvalue weighted by Gasteiger charge is -2.37. The van der Waals surface area contributed by atoms with Crippen molar-refractivity contribution in [3.05, 3.63) is 66.0 Å². The van der Waals surface area contributed by atoms with E-state index in [9.17, 15) is 0 Å². The van der Waals surface area contributed by atoms with Crippen molar-refractivity contribution >= 4 is 27.9 Å². The summed E-state index contributed by atoms with van der Waals surface area (Å²) in [7, 11) is 1.94. The van der Waals surface area contributed by atoms with Crippen molar-refractivity contribution in [1.82, 2.24) is 34.8 Å². The molecule has 1 aromatic carbocycles. The second-order valence-corrected chi connectivity index (χ2v) is 11.8. The van der Waals surface area contributed by atoms with Gasteiger partial charge in [-0.1, -0.05) is 35.5 Å². The molecule has 1 N–H and O–H groups in total. The van der Waals surface area contributed by atoms with Crippen LogP contribution in [0.2, 0.25) is 0 Å². The van der Waals surface area contributed by atoms with Crippen molar-refractivity contribution in [1.29, 1.82) is 0 Å². The van der Waals surface area contributed by atoms with E-state index in [4.69, 9.17) is 14.7 Å². The summed E-state index contributed by atoms with van der Waals surface area (Å²) in [5, 5.41) is 13.3. The van der Waals surface area contributed by atoms with Gasteiger partial charge in [0.2, 0.25) is 0 Å². The first kappa shape index (κ1) is 26.1. The zero-order valence-corrected chi connectivity index (χ0v) is 24.3. The summed E-state index contributed by atoms with van der Waals surface area (Å²) in [6.45, 7) is 9.92. The van der Waals surface area contributed by atoms with E-state index in [1.807, 2.05) is 24.9 Å². The monoisotopic (exact) mass is 550 g/mol. The summed E-state index contributed by atoms with van der Waals surface area (Å²) < 4.78 is 10.1. The number of nitrogens with one attached hydrogen (secondary N) is 1. The highest BCUT2D eigenvalue weighted by Gasteiger charge is 2.31. The van der Waals surface area contributed by atoms with Crippen LogP contribution in [0.5, 0.6) is 0 Å². The molecule has 0 amide bonds. The molecule has 2 saturated heterocycles. The third kappa shape index (κ3) is 4.67. The van der Waals surface area contributed by atoms with Crippen LogP contribution in [0.4, 0.5) is 5.82 Å². The Morgan fingerprint density at radius 3 is 2.46 bits per heavy atom. The van der Waals surface area contributed by atoms with E-state index in [1.165, 1.54) is 5.56 Å². The van der Waals surface area contributed by atoms with Crippen LogP contribution < -0.4 is 10.2 Å². The fourth-order valence-electron chi connectivity index (χ4n) is 7.04. The van der Waals surface area contributed by atoms with Gasteiger partial charge in [0.25, 0.3) is 0 Å². The van der Waals surface area contributed by atoms with Gasteiger partial charge in [-0.15, -0.1) is 5.10 Å². The molecular formula is C32H38N8O. The summed E-state index contributed by atoms with van der Waals surface area (Å²) in [6.07, 6.45) is 3.97. The number of aryl methyl sites for hydroxylation is 2.